The number of benzene rings is 2. The van der Waals surface area contributed by atoms with E-state index in [9.17, 15) is 18.4 Å². The third kappa shape index (κ3) is 6.84. The van der Waals surface area contributed by atoms with Gasteiger partial charge in [-0.2, -0.15) is 0 Å². The van der Waals surface area contributed by atoms with Gasteiger partial charge >= 0.3 is 6.03 Å². The Morgan fingerprint density at radius 3 is 2.39 bits per heavy atom. The number of nitrogens with zero attached hydrogens (tertiary/aromatic N) is 3. The van der Waals surface area contributed by atoms with E-state index in [1.54, 1.807) is 17.0 Å². The summed E-state index contributed by atoms with van der Waals surface area (Å²) in [6.45, 7) is 6.69. The van der Waals surface area contributed by atoms with Crippen molar-refractivity contribution in [3.8, 4) is 0 Å². The molecule has 10 nitrogen and oxygen atoms in total. The van der Waals surface area contributed by atoms with Crippen molar-refractivity contribution >= 4 is 34.3 Å². The Kier molecular flexibility index (Phi) is 10.2. The number of methoxy groups -OCH3 is 1. The second-order valence-corrected chi connectivity index (χ2v) is 11.5. The number of carbonyl (C=O) groups excluding carboxylic acids is 2. The zero-order valence-electron chi connectivity index (χ0n) is 25.1. The Bertz CT molecular complexity index is 1500. The van der Waals surface area contributed by atoms with Crippen LogP contribution in [0.3, 0.4) is 0 Å². The van der Waals surface area contributed by atoms with E-state index in [0.29, 0.717) is 18.8 Å². The van der Waals surface area contributed by atoms with Gasteiger partial charge in [0.1, 0.15) is 23.3 Å². The SMILES string of the molecule is C=C1N(/C(N)=C/C=C(\N)OC)C(=O)C2C(CN(C)C)=C(c3ccc(NC(=O)NCC)cc3)SC2N1Cc1c(F)cccc1F. The number of amides is 3. The molecule has 2 aliphatic heterocycles. The van der Waals surface area contributed by atoms with E-state index in [0.717, 1.165) is 16.0 Å². The van der Waals surface area contributed by atoms with E-state index < -0.39 is 22.9 Å². The second-order valence-electron chi connectivity index (χ2n) is 10.4. The molecule has 2 unspecified atom stereocenters. The van der Waals surface area contributed by atoms with E-state index in [1.807, 2.05) is 38.1 Å². The van der Waals surface area contributed by atoms with Gasteiger partial charge in [0.05, 0.1) is 24.9 Å². The van der Waals surface area contributed by atoms with Gasteiger partial charge in [0.25, 0.3) is 0 Å². The molecule has 2 atom stereocenters. The van der Waals surface area contributed by atoms with Crippen LogP contribution in [0.1, 0.15) is 18.1 Å². The number of fused-ring (bicyclic) bond motifs is 1. The van der Waals surface area contributed by atoms with E-state index in [-0.39, 0.29) is 41.6 Å². The minimum absolute atomic E-state index is 0.0147. The van der Waals surface area contributed by atoms with Gasteiger partial charge in [-0.05, 0) is 62.5 Å². The standard InChI is InChI=1S/C31H37F2N7O3S/c1-6-36-31(42)37-20-12-10-19(11-13-20)28-22(16-38(3)4)27-29(41)40(25(34)14-15-26(35)43-5)18(2)39(30(27)44-28)17-21-23(32)8-7-9-24(21)33/h7-15,27,30H,2,6,16-17,34-35H2,1,3-5H3,(H2,36,37,42)/b25-14+,26-15+. The van der Waals surface area contributed by atoms with Crippen LogP contribution >= 0.6 is 11.8 Å². The highest BCUT2D eigenvalue weighted by Gasteiger charge is 2.51. The highest BCUT2D eigenvalue weighted by molar-refractivity contribution is 8.09. The highest BCUT2D eigenvalue weighted by atomic mass is 32.2. The molecule has 0 saturated carbocycles. The number of rotatable bonds is 10. The molecule has 0 radical (unpaired) electrons. The molecule has 2 aromatic rings. The number of hydrogen-bond acceptors (Lipinski definition) is 8. The minimum Gasteiger partial charge on any atom is -0.483 e. The van der Waals surface area contributed by atoms with Crippen molar-refractivity contribution in [3.05, 3.63) is 107 Å². The normalized spacial score (nSPS) is 19.1. The van der Waals surface area contributed by atoms with Gasteiger partial charge in [-0.15, -0.1) is 0 Å². The first kappa shape index (κ1) is 32.4. The average Bonchev–Trinajstić information content (AvgIpc) is 3.34. The van der Waals surface area contributed by atoms with Crippen molar-refractivity contribution < 1.29 is 23.1 Å². The van der Waals surface area contributed by atoms with Crippen molar-refractivity contribution in [3.63, 3.8) is 0 Å². The van der Waals surface area contributed by atoms with Crippen LogP contribution in [0.2, 0.25) is 0 Å². The molecule has 0 aliphatic carbocycles. The first-order valence-corrected chi connectivity index (χ1v) is 14.7. The van der Waals surface area contributed by atoms with Crippen molar-refractivity contribution in [1.29, 1.82) is 0 Å². The number of thioether (sulfide) groups is 1. The summed E-state index contributed by atoms with van der Waals surface area (Å²) in [7, 11) is 5.18. The highest BCUT2D eigenvalue weighted by Crippen LogP contribution is 2.53. The smallest absolute Gasteiger partial charge is 0.319 e. The predicted molar refractivity (Wildman–Crippen MR) is 169 cm³/mol. The monoisotopic (exact) mass is 625 g/mol. The zero-order valence-corrected chi connectivity index (χ0v) is 25.9. The number of carbonyl (C=O) groups is 2. The summed E-state index contributed by atoms with van der Waals surface area (Å²) in [4.78, 5) is 32.0. The molecule has 2 aliphatic rings. The van der Waals surface area contributed by atoms with Gasteiger partial charge in [-0.3, -0.25) is 9.69 Å². The minimum atomic E-state index is -0.735. The fourth-order valence-corrected chi connectivity index (χ4v) is 6.66. The second kappa shape index (κ2) is 13.9. The van der Waals surface area contributed by atoms with Crippen LogP contribution in [0.5, 0.6) is 0 Å². The Hall–Kier alpha value is -4.49. The number of nitrogens with two attached hydrogens (primary N) is 2. The molecule has 0 bridgehead atoms. The van der Waals surface area contributed by atoms with Gasteiger partial charge in [-0.1, -0.05) is 36.5 Å². The molecule has 1 fully saturated rings. The predicted octanol–water partition coefficient (Wildman–Crippen LogP) is 4.13. The Balaban J connectivity index is 1.81. The lowest BCUT2D eigenvalue weighted by Gasteiger charge is -2.46. The average molecular weight is 626 g/mol. The maximum Gasteiger partial charge on any atom is 0.319 e. The number of nitrogens with one attached hydrogen (secondary N) is 2. The topological polar surface area (TPSA) is 129 Å². The lowest BCUT2D eigenvalue weighted by atomic mass is 9.91. The molecule has 13 heteroatoms. The number of ether oxygens (including phenoxy) is 1. The first-order valence-electron chi connectivity index (χ1n) is 13.9. The van der Waals surface area contributed by atoms with Crippen LogP contribution < -0.4 is 22.1 Å². The van der Waals surface area contributed by atoms with Crippen LogP contribution in [0.25, 0.3) is 4.91 Å². The van der Waals surface area contributed by atoms with E-state index in [4.69, 9.17) is 16.2 Å². The van der Waals surface area contributed by atoms with Crippen LogP contribution in [0.4, 0.5) is 19.3 Å². The number of urea groups is 1. The molecule has 4 rings (SSSR count). The molecule has 1 saturated heterocycles. The lowest BCUT2D eigenvalue weighted by Crippen LogP contribution is -2.55. The van der Waals surface area contributed by atoms with E-state index >= 15 is 0 Å². The number of allylic oxidation sites excluding steroid dienone is 2. The number of halogens is 2. The maximum absolute atomic E-state index is 14.9. The van der Waals surface area contributed by atoms with E-state index in [1.165, 1.54) is 54.1 Å². The van der Waals surface area contributed by atoms with Gasteiger partial charge in [-0.25, -0.2) is 13.6 Å². The molecule has 0 spiro atoms. The van der Waals surface area contributed by atoms with Gasteiger partial charge in [0, 0.05) is 35.3 Å². The molecule has 44 heavy (non-hydrogen) atoms. The van der Waals surface area contributed by atoms with Crippen molar-refractivity contribution in [2.75, 3.05) is 39.6 Å². The molecule has 3 amide bonds. The van der Waals surface area contributed by atoms with Gasteiger partial charge in [0.2, 0.25) is 5.91 Å². The summed E-state index contributed by atoms with van der Waals surface area (Å²) in [5.74, 6) is -2.24. The number of hydrogen-bond donors (Lipinski definition) is 4. The molecule has 6 N–H and O–H groups in total. The van der Waals surface area contributed by atoms with Crippen LogP contribution in [-0.4, -0.2) is 66.3 Å². The summed E-state index contributed by atoms with van der Waals surface area (Å²) in [6, 6.07) is 10.6. The molecular weight excluding hydrogens is 588 g/mol. The quantitative estimate of drug-likeness (QED) is 0.229. The molecule has 2 aromatic carbocycles. The van der Waals surface area contributed by atoms with Crippen LogP contribution in [-0.2, 0) is 16.1 Å². The third-order valence-corrected chi connectivity index (χ3v) is 8.61. The van der Waals surface area contributed by atoms with Gasteiger partial charge in [0.15, 0.2) is 5.88 Å². The summed E-state index contributed by atoms with van der Waals surface area (Å²) in [6.07, 6.45) is 2.83. The summed E-state index contributed by atoms with van der Waals surface area (Å²) in [5.41, 5.74) is 14.2. The molecular formula is C31H37F2N7O3S. The summed E-state index contributed by atoms with van der Waals surface area (Å²) >= 11 is 1.42. The largest absolute Gasteiger partial charge is 0.483 e. The number of likely N-dealkylation sites (N-methyl/N-ethyl adjacent to an activating group) is 1. The van der Waals surface area contributed by atoms with Crippen molar-refractivity contribution in [2.24, 2.45) is 17.4 Å². The first-order chi connectivity index (χ1) is 21.0. The fraction of sp³-hybridized carbons (Fsp3) is 0.290. The zero-order chi connectivity index (χ0) is 32.1. The molecule has 234 valence electrons. The van der Waals surface area contributed by atoms with Crippen molar-refractivity contribution in [1.82, 2.24) is 20.0 Å². The molecule has 0 aromatic heterocycles. The van der Waals surface area contributed by atoms with Crippen LogP contribution in [0, 0.1) is 17.6 Å². The van der Waals surface area contributed by atoms with Crippen LogP contribution in [0.15, 0.2) is 84.3 Å². The summed E-state index contributed by atoms with van der Waals surface area (Å²) < 4.78 is 34.8. The van der Waals surface area contributed by atoms with Crippen molar-refractivity contribution in [2.45, 2.75) is 18.8 Å². The fourth-order valence-electron chi connectivity index (χ4n) is 5.06. The Morgan fingerprint density at radius 2 is 1.80 bits per heavy atom. The van der Waals surface area contributed by atoms with E-state index in [2.05, 4.69) is 17.2 Å². The number of anilines is 1. The lowest BCUT2D eigenvalue weighted by molar-refractivity contribution is -0.136. The summed E-state index contributed by atoms with van der Waals surface area (Å²) in [5, 5.41) is 4.89. The van der Waals surface area contributed by atoms with Gasteiger partial charge < -0.3 is 36.6 Å². The third-order valence-electron chi connectivity index (χ3n) is 7.11. The molecule has 2 heterocycles. The maximum atomic E-state index is 14.9. The Morgan fingerprint density at radius 1 is 1.14 bits per heavy atom. The Labute approximate surface area is 260 Å².